The van der Waals surface area contributed by atoms with E-state index >= 15 is 0 Å². The quantitative estimate of drug-likeness (QED) is 0.746. The van der Waals surface area contributed by atoms with Crippen molar-refractivity contribution in [2.75, 3.05) is 6.54 Å². The minimum atomic E-state index is 0.649. The Morgan fingerprint density at radius 1 is 1.12 bits per heavy atom. The summed E-state index contributed by atoms with van der Waals surface area (Å²) in [6.07, 6.45) is 1.16. The molecule has 0 amide bonds. The molecule has 0 spiro atoms. The highest BCUT2D eigenvalue weighted by Gasteiger charge is 2.19. The van der Waals surface area contributed by atoms with Gasteiger partial charge in [-0.1, -0.05) is 39.8 Å². The van der Waals surface area contributed by atoms with Gasteiger partial charge in [0.1, 0.15) is 0 Å². The van der Waals surface area contributed by atoms with Crippen molar-refractivity contribution >= 4 is 0 Å². The van der Waals surface area contributed by atoms with Gasteiger partial charge in [0, 0.05) is 13.1 Å². The smallest absolute Gasteiger partial charge is 0.0240 e. The summed E-state index contributed by atoms with van der Waals surface area (Å²) < 4.78 is 0. The van der Waals surface area contributed by atoms with Crippen LogP contribution >= 0.6 is 0 Å². The summed E-state index contributed by atoms with van der Waals surface area (Å²) in [7, 11) is 0. The molecule has 0 radical (unpaired) electrons. The topological polar surface area (TPSA) is 3.24 Å². The van der Waals surface area contributed by atoms with E-state index in [1.54, 1.807) is 22.3 Å². The van der Waals surface area contributed by atoms with Crippen molar-refractivity contribution in [1.82, 2.24) is 4.90 Å². The minimum Gasteiger partial charge on any atom is -0.295 e. The van der Waals surface area contributed by atoms with Crippen LogP contribution in [0.5, 0.6) is 0 Å². The molecule has 0 aromatic heterocycles. The van der Waals surface area contributed by atoms with Crippen molar-refractivity contribution in [3.63, 3.8) is 0 Å². The molecule has 0 unspecified atom stereocenters. The maximum Gasteiger partial charge on any atom is 0.0240 e. The number of hydrogen-bond acceptors (Lipinski definition) is 1. The molecule has 0 saturated heterocycles. The molecule has 2 rings (SSSR count). The fraction of sp³-hybridized carbons (Fsp3) is 0.600. The number of aryl methyl sites for hydroxylation is 1. The second-order valence-corrected chi connectivity index (χ2v) is 5.13. The van der Waals surface area contributed by atoms with E-state index in [-0.39, 0.29) is 0 Å². The molecule has 0 bridgehead atoms. The van der Waals surface area contributed by atoms with Crippen molar-refractivity contribution in [3.8, 4) is 0 Å². The Morgan fingerprint density at radius 3 is 2.25 bits per heavy atom. The zero-order chi connectivity index (χ0) is 11.7. The lowest BCUT2D eigenvalue weighted by Crippen LogP contribution is -2.14. The van der Waals surface area contributed by atoms with E-state index in [0.29, 0.717) is 5.92 Å². The van der Waals surface area contributed by atoms with Crippen LogP contribution in [-0.2, 0) is 19.5 Å². The van der Waals surface area contributed by atoms with Crippen molar-refractivity contribution in [2.45, 2.75) is 53.1 Å². The van der Waals surface area contributed by atoms with Gasteiger partial charge in [-0.05, 0) is 41.1 Å². The zero-order valence-electron chi connectivity index (χ0n) is 11.0. The summed E-state index contributed by atoms with van der Waals surface area (Å²) in [5.41, 5.74) is 6.22. The largest absolute Gasteiger partial charge is 0.295 e. The Morgan fingerprint density at radius 2 is 1.75 bits per heavy atom. The van der Waals surface area contributed by atoms with Gasteiger partial charge in [-0.2, -0.15) is 0 Å². The maximum absolute atomic E-state index is 2.51. The molecule has 0 aliphatic carbocycles. The second-order valence-electron chi connectivity index (χ2n) is 5.13. The normalized spacial score (nSPS) is 15.8. The Bertz CT molecular complexity index is 379. The first kappa shape index (κ1) is 11.7. The third-order valence-corrected chi connectivity index (χ3v) is 3.70. The highest BCUT2D eigenvalue weighted by molar-refractivity contribution is 5.41. The van der Waals surface area contributed by atoms with E-state index in [1.165, 1.54) is 0 Å². The molecule has 0 N–H and O–H groups in total. The van der Waals surface area contributed by atoms with Crippen LogP contribution in [0.2, 0.25) is 0 Å². The van der Waals surface area contributed by atoms with Gasteiger partial charge >= 0.3 is 0 Å². The molecule has 16 heavy (non-hydrogen) atoms. The summed E-state index contributed by atoms with van der Waals surface area (Å²) in [6, 6.07) is 4.90. The highest BCUT2D eigenvalue weighted by atomic mass is 15.1. The Kier molecular flexibility index (Phi) is 3.34. The first-order valence-corrected chi connectivity index (χ1v) is 6.52. The van der Waals surface area contributed by atoms with E-state index in [1.807, 2.05) is 0 Å². The third kappa shape index (κ3) is 2.01. The number of rotatable bonds is 3. The van der Waals surface area contributed by atoms with Crippen molar-refractivity contribution in [1.29, 1.82) is 0 Å². The predicted molar refractivity (Wildman–Crippen MR) is 69.7 cm³/mol. The molecule has 1 aromatic carbocycles. The Labute approximate surface area is 99.5 Å². The molecular formula is C15H23N. The van der Waals surface area contributed by atoms with Gasteiger partial charge in [-0.3, -0.25) is 4.90 Å². The van der Waals surface area contributed by atoms with Crippen LogP contribution < -0.4 is 0 Å². The average molecular weight is 217 g/mol. The van der Waals surface area contributed by atoms with E-state index in [2.05, 4.69) is 44.7 Å². The lowest BCUT2D eigenvalue weighted by molar-refractivity contribution is 0.301. The zero-order valence-corrected chi connectivity index (χ0v) is 11.0. The van der Waals surface area contributed by atoms with Gasteiger partial charge in [-0.25, -0.2) is 0 Å². The van der Waals surface area contributed by atoms with Crippen LogP contribution in [0.25, 0.3) is 0 Å². The fourth-order valence-electron chi connectivity index (χ4n) is 2.66. The van der Waals surface area contributed by atoms with E-state index in [4.69, 9.17) is 0 Å². The molecule has 0 fully saturated rings. The van der Waals surface area contributed by atoms with Crippen molar-refractivity contribution in [2.24, 2.45) is 0 Å². The molecule has 1 aliphatic rings. The average Bonchev–Trinajstić information content (AvgIpc) is 2.68. The summed E-state index contributed by atoms with van der Waals surface area (Å²) in [5.74, 6) is 0.649. The molecule has 0 atom stereocenters. The van der Waals surface area contributed by atoms with Crippen LogP contribution in [0, 0.1) is 0 Å². The van der Waals surface area contributed by atoms with Crippen LogP contribution in [-0.4, -0.2) is 11.4 Å². The van der Waals surface area contributed by atoms with Crippen LogP contribution in [0.1, 0.15) is 55.9 Å². The maximum atomic E-state index is 2.51. The standard InChI is InChI=1S/C15H23N/c1-5-12-7-13-9-16(6-2)10-14(13)8-15(12)11(3)4/h7-8,11H,5-6,9-10H2,1-4H3. The van der Waals surface area contributed by atoms with Gasteiger partial charge in [0.25, 0.3) is 0 Å². The predicted octanol–water partition coefficient (Wildman–Crippen LogP) is 3.71. The van der Waals surface area contributed by atoms with Gasteiger partial charge in [0.2, 0.25) is 0 Å². The molecule has 1 aromatic rings. The Balaban J connectivity index is 2.38. The van der Waals surface area contributed by atoms with E-state index < -0.39 is 0 Å². The minimum absolute atomic E-state index is 0.649. The molecule has 1 aliphatic heterocycles. The summed E-state index contributed by atoms with van der Waals surface area (Å²) in [4.78, 5) is 2.51. The summed E-state index contributed by atoms with van der Waals surface area (Å²) in [5, 5.41) is 0. The molecule has 1 nitrogen and oxygen atoms in total. The van der Waals surface area contributed by atoms with Crippen molar-refractivity contribution < 1.29 is 0 Å². The van der Waals surface area contributed by atoms with Crippen LogP contribution in [0.4, 0.5) is 0 Å². The van der Waals surface area contributed by atoms with E-state index in [0.717, 1.165) is 26.1 Å². The van der Waals surface area contributed by atoms with Gasteiger partial charge < -0.3 is 0 Å². The SMILES string of the molecule is CCc1cc2c(cc1C(C)C)CN(CC)C2. The summed E-state index contributed by atoms with van der Waals surface area (Å²) >= 11 is 0. The second kappa shape index (κ2) is 4.58. The van der Waals surface area contributed by atoms with Gasteiger partial charge in [0.05, 0.1) is 0 Å². The molecule has 1 heterocycles. The van der Waals surface area contributed by atoms with Gasteiger partial charge in [0.15, 0.2) is 0 Å². The van der Waals surface area contributed by atoms with Gasteiger partial charge in [-0.15, -0.1) is 0 Å². The highest BCUT2D eigenvalue weighted by Crippen LogP contribution is 2.29. The number of nitrogens with zero attached hydrogens (tertiary/aromatic N) is 1. The first-order chi connectivity index (χ1) is 7.65. The number of fused-ring (bicyclic) bond motifs is 1. The lowest BCUT2D eigenvalue weighted by atomic mass is 9.92. The fourth-order valence-corrected chi connectivity index (χ4v) is 2.66. The molecule has 88 valence electrons. The third-order valence-electron chi connectivity index (χ3n) is 3.70. The monoisotopic (exact) mass is 217 g/mol. The molecule has 0 saturated carbocycles. The van der Waals surface area contributed by atoms with Crippen LogP contribution in [0.15, 0.2) is 12.1 Å². The number of hydrogen-bond donors (Lipinski definition) is 0. The molecular weight excluding hydrogens is 194 g/mol. The first-order valence-electron chi connectivity index (χ1n) is 6.52. The van der Waals surface area contributed by atoms with E-state index in [9.17, 15) is 0 Å². The van der Waals surface area contributed by atoms with Crippen LogP contribution in [0.3, 0.4) is 0 Å². The molecule has 1 heteroatoms. The van der Waals surface area contributed by atoms with Crippen molar-refractivity contribution in [3.05, 3.63) is 34.4 Å². The Hall–Kier alpha value is -0.820. The lowest BCUT2D eigenvalue weighted by Gasteiger charge is -2.13. The number of benzene rings is 1. The summed E-state index contributed by atoms with van der Waals surface area (Å²) in [6.45, 7) is 12.6.